The molecule has 2 amide bonds. The number of ether oxygens (including phenoxy) is 2. The van der Waals surface area contributed by atoms with E-state index in [0.29, 0.717) is 0 Å². The molecule has 1 aliphatic rings. The van der Waals surface area contributed by atoms with Crippen molar-refractivity contribution in [2.75, 3.05) is 6.61 Å². The second-order valence-corrected chi connectivity index (χ2v) is 5.55. The van der Waals surface area contributed by atoms with Gasteiger partial charge in [0.2, 0.25) is 0 Å². The molecule has 0 N–H and O–H groups in total. The monoisotopic (exact) mass is 360 g/mol. The molecule has 8 nitrogen and oxygen atoms in total. The number of nitrogens with zero attached hydrogens (tertiary/aromatic N) is 2. The summed E-state index contributed by atoms with van der Waals surface area (Å²) in [6.45, 7) is -0.00836. The maximum atomic E-state index is 13.0. The topological polar surface area (TPSA) is 99.0 Å². The van der Waals surface area contributed by atoms with Gasteiger partial charge < -0.3 is 9.47 Å². The zero-order valence-electron chi connectivity index (χ0n) is 13.3. The molecular formula is C17H13FN2O6. The van der Waals surface area contributed by atoms with Crippen LogP contribution in [0.5, 0.6) is 5.75 Å². The fraction of sp³-hybridized carbons (Fsp3) is 0.176. The number of non-ortho nitro benzene ring substituents is 1. The summed E-state index contributed by atoms with van der Waals surface area (Å²) in [5.41, 5.74) is 0.572. The number of carbonyl (C=O) groups excluding carboxylic acids is 2. The molecule has 0 spiro atoms. The van der Waals surface area contributed by atoms with E-state index in [9.17, 15) is 24.1 Å². The van der Waals surface area contributed by atoms with Crippen LogP contribution in [-0.4, -0.2) is 34.7 Å². The van der Waals surface area contributed by atoms with E-state index in [0.717, 1.165) is 10.5 Å². The molecule has 0 aliphatic carbocycles. The molecule has 0 radical (unpaired) electrons. The van der Waals surface area contributed by atoms with Crippen molar-refractivity contribution in [1.29, 1.82) is 0 Å². The van der Waals surface area contributed by atoms with Gasteiger partial charge in [-0.15, -0.1) is 0 Å². The summed E-state index contributed by atoms with van der Waals surface area (Å²) >= 11 is 0. The van der Waals surface area contributed by atoms with E-state index in [1.165, 1.54) is 36.4 Å². The third-order valence-electron chi connectivity index (χ3n) is 3.80. The van der Waals surface area contributed by atoms with Gasteiger partial charge in [-0.25, -0.2) is 18.9 Å². The molecule has 1 saturated heterocycles. The normalized spacial score (nSPS) is 16.3. The lowest BCUT2D eigenvalue weighted by Crippen LogP contribution is -2.41. The number of nitro groups is 1. The Morgan fingerprint density at radius 1 is 1.23 bits per heavy atom. The number of carbonyl (C=O) groups is 2. The van der Waals surface area contributed by atoms with Crippen LogP contribution in [0.25, 0.3) is 0 Å². The molecule has 0 bridgehead atoms. The molecule has 0 saturated carbocycles. The number of hydrogen-bond donors (Lipinski definition) is 0. The fourth-order valence-corrected chi connectivity index (χ4v) is 2.51. The van der Waals surface area contributed by atoms with Gasteiger partial charge in [0.05, 0.1) is 11.0 Å². The van der Waals surface area contributed by atoms with Gasteiger partial charge in [0, 0.05) is 12.1 Å². The molecule has 1 aliphatic heterocycles. The number of nitro benzene ring substituents is 1. The average molecular weight is 360 g/mol. The highest BCUT2D eigenvalue weighted by Gasteiger charge is 2.39. The van der Waals surface area contributed by atoms with Crippen molar-refractivity contribution < 1.29 is 28.4 Å². The molecular weight excluding hydrogens is 347 g/mol. The van der Waals surface area contributed by atoms with Gasteiger partial charge in [-0.05, 0) is 36.2 Å². The van der Waals surface area contributed by atoms with Crippen LogP contribution in [0, 0.1) is 15.9 Å². The van der Waals surface area contributed by atoms with Crippen molar-refractivity contribution in [2.45, 2.75) is 12.5 Å². The average Bonchev–Trinajstić information content (AvgIpc) is 2.98. The first-order valence-corrected chi connectivity index (χ1v) is 7.61. The first-order valence-electron chi connectivity index (χ1n) is 7.61. The Morgan fingerprint density at radius 2 is 1.88 bits per heavy atom. The SMILES string of the molecule is O=C1OC[C@H](Cc2ccc(F)cc2)N1C(=O)Oc1ccc([N+](=O)[O-])cc1. The number of cyclic esters (lactones) is 1. The summed E-state index contributed by atoms with van der Waals surface area (Å²) in [5, 5.41) is 10.6. The van der Waals surface area contributed by atoms with Gasteiger partial charge in [-0.2, -0.15) is 0 Å². The number of rotatable bonds is 4. The van der Waals surface area contributed by atoms with E-state index >= 15 is 0 Å². The van der Waals surface area contributed by atoms with Gasteiger partial charge in [-0.1, -0.05) is 12.1 Å². The lowest BCUT2D eigenvalue weighted by Gasteiger charge is -2.19. The summed E-state index contributed by atoms with van der Waals surface area (Å²) < 4.78 is 23.0. The van der Waals surface area contributed by atoms with E-state index in [1.54, 1.807) is 12.1 Å². The Hall–Kier alpha value is -3.49. The number of hydrogen-bond acceptors (Lipinski definition) is 6. The standard InChI is InChI=1S/C17H13FN2O6/c18-12-3-1-11(2-4-12)9-14-10-25-16(21)19(14)17(22)26-15-7-5-13(6-8-15)20(23)24/h1-8,14H,9-10H2/t14-/m0/s1. The van der Waals surface area contributed by atoms with E-state index in [4.69, 9.17) is 9.47 Å². The van der Waals surface area contributed by atoms with Gasteiger partial charge >= 0.3 is 12.2 Å². The molecule has 0 unspecified atom stereocenters. The zero-order valence-corrected chi connectivity index (χ0v) is 13.3. The number of amides is 2. The molecule has 1 atom stereocenters. The molecule has 2 aromatic rings. The first-order chi connectivity index (χ1) is 12.4. The van der Waals surface area contributed by atoms with Gasteiger partial charge in [0.25, 0.3) is 5.69 Å². The van der Waals surface area contributed by atoms with Crippen molar-refractivity contribution in [3.63, 3.8) is 0 Å². The largest absolute Gasteiger partial charge is 0.447 e. The molecule has 9 heteroatoms. The van der Waals surface area contributed by atoms with Crippen LogP contribution < -0.4 is 4.74 Å². The van der Waals surface area contributed by atoms with E-state index in [2.05, 4.69) is 0 Å². The maximum absolute atomic E-state index is 13.0. The smallest absolute Gasteiger partial charge is 0.425 e. The highest BCUT2D eigenvalue weighted by atomic mass is 19.1. The molecule has 26 heavy (non-hydrogen) atoms. The van der Waals surface area contributed by atoms with Gasteiger partial charge in [0.15, 0.2) is 0 Å². The Morgan fingerprint density at radius 3 is 2.50 bits per heavy atom. The second kappa shape index (κ2) is 7.18. The van der Waals surface area contributed by atoms with Crippen LogP contribution in [0.2, 0.25) is 0 Å². The summed E-state index contributed by atoms with van der Waals surface area (Å²) in [7, 11) is 0. The second-order valence-electron chi connectivity index (χ2n) is 5.55. The minimum Gasteiger partial charge on any atom is -0.447 e. The Kier molecular flexibility index (Phi) is 4.78. The van der Waals surface area contributed by atoms with Gasteiger partial charge in [0.1, 0.15) is 18.2 Å². The van der Waals surface area contributed by atoms with E-state index < -0.39 is 23.2 Å². The Labute approximate surface area is 146 Å². The predicted molar refractivity (Wildman–Crippen MR) is 86.2 cm³/mol. The van der Waals surface area contributed by atoms with E-state index in [1.807, 2.05) is 0 Å². The molecule has 0 aromatic heterocycles. The predicted octanol–water partition coefficient (Wildman–Crippen LogP) is 3.30. The number of imide groups is 1. The molecule has 1 fully saturated rings. The van der Waals surface area contributed by atoms with Crippen molar-refractivity contribution in [2.24, 2.45) is 0 Å². The van der Waals surface area contributed by atoms with Crippen molar-refractivity contribution in [3.8, 4) is 5.75 Å². The van der Waals surface area contributed by atoms with Crippen LogP contribution >= 0.6 is 0 Å². The lowest BCUT2D eigenvalue weighted by atomic mass is 10.1. The Bertz CT molecular complexity index is 837. The summed E-state index contributed by atoms with van der Waals surface area (Å²) in [6, 6.07) is 9.95. The molecule has 134 valence electrons. The first kappa shape index (κ1) is 17.3. The van der Waals surface area contributed by atoms with Crippen LogP contribution in [0.4, 0.5) is 19.7 Å². The molecule has 3 rings (SSSR count). The number of benzene rings is 2. The third-order valence-corrected chi connectivity index (χ3v) is 3.80. The zero-order chi connectivity index (χ0) is 18.7. The van der Waals surface area contributed by atoms with Crippen molar-refractivity contribution >= 4 is 17.9 Å². The van der Waals surface area contributed by atoms with E-state index in [-0.39, 0.29) is 30.3 Å². The van der Waals surface area contributed by atoms with Crippen LogP contribution in [0.1, 0.15) is 5.56 Å². The van der Waals surface area contributed by atoms with Gasteiger partial charge in [-0.3, -0.25) is 10.1 Å². The minimum atomic E-state index is -0.950. The molecule has 1 heterocycles. The maximum Gasteiger partial charge on any atom is 0.425 e. The highest BCUT2D eigenvalue weighted by Crippen LogP contribution is 2.22. The fourth-order valence-electron chi connectivity index (χ4n) is 2.51. The quantitative estimate of drug-likeness (QED) is 0.613. The third kappa shape index (κ3) is 3.77. The summed E-state index contributed by atoms with van der Waals surface area (Å²) in [5.74, 6) is -0.331. The van der Waals surface area contributed by atoms with Crippen molar-refractivity contribution in [1.82, 2.24) is 4.90 Å². The minimum absolute atomic E-state index is 0.00836. The lowest BCUT2D eigenvalue weighted by molar-refractivity contribution is -0.384. The summed E-state index contributed by atoms with van der Waals surface area (Å²) in [6.07, 6.45) is -1.51. The highest BCUT2D eigenvalue weighted by molar-refractivity contribution is 5.90. The van der Waals surface area contributed by atoms with Crippen LogP contribution in [0.15, 0.2) is 48.5 Å². The summed E-state index contributed by atoms with van der Waals surface area (Å²) in [4.78, 5) is 35.1. The van der Waals surface area contributed by atoms with Crippen LogP contribution in [0.3, 0.4) is 0 Å². The Balaban J connectivity index is 1.70. The van der Waals surface area contributed by atoms with Crippen molar-refractivity contribution in [3.05, 3.63) is 70.0 Å². The number of halogens is 1. The molecule has 2 aromatic carbocycles. The van der Waals surface area contributed by atoms with Crippen LogP contribution in [-0.2, 0) is 11.2 Å².